The van der Waals surface area contributed by atoms with Gasteiger partial charge in [-0.2, -0.15) is 0 Å². The van der Waals surface area contributed by atoms with Crippen molar-refractivity contribution in [1.82, 2.24) is 0 Å². The van der Waals surface area contributed by atoms with Crippen molar-refractivity contribution < 1.29 is 33.3 Å². The Balaban J connectivity index is 2.36. The molecule has 0 saturated carbocycles. The molecular weight excluding hydrogens is 366 g/mol. The van der Waals surface area contributed by atoms with Crippen LogP contribution in [0.5, 0.6) is 5.75 Å². The lowest BCUT2D eigenvalue weighted by Crippen LogP contribution is -2.15. The highest BCUT2D eigenvalue weighted by molar-refractivity contribution is 6.06. The van der Waals surface area contributed by atoms with E-state index in [9.17, 15) is 14.4 Å². The molecule has 0 aliphatic rings. The van der Waals surface area contributed by atoms with Crippen LogP contribution in [0.3, 0.4) is 0 Å². The van der Waals surface area contributed by atoms with E-state index in [-0.39, 0.29) is 23.4 Å². The van der Waals surface area contributed by atoms with E-state index in [4.69, 9.17) is 9.47 Å². The molecule has 8 heteroatoms. The molecule has 148 valence electrons. The van der Waals surface area contributed by atoms with Gasteiger partial charge >= 0.3 is 11.9 Å². The minimum atomic E-state index is -0.645. The number of carbonyl (C=O) groups excluding carboxylic acids is 3. The Kier molecular flexibility index (Phi) is 7.11. The van der Waals surface area contributed by atoms with Gasteiger partial charge in [0.15, 0.2) is 0 Å². The SMILES string of the molecule is COCc1cc(C(=O)Nc2cc(C(=O)OC)cc(C(=O)OC)c2)ccc1OC. The van der Waals surface area contributed by atoms with Gasteiger partial charge in [0.25, 0.3) is 5.91 Å². The largest absolute Gasteiger partial charge is 0.496 e. The van der Waals surface area contributed by atoms with Crippen LogP contribution in [-0.2, 0) is 20.8 Å². The summed E-state index contributed by atoms with van der Waals surface area (Å²) in [6.07, 6.45) is 0. The number of hydrogen-bond acceptors (Lipinski definition) is 7. The normalized spacial score (nSPS) is 10.1. The molecule has 1 N–H and O–H groups in total. The third-order valence-electron chi connectivity index (χ3n) is 3.88. The first-order chi connectivity index (χ1) is 13.4. The maximum Gasteiger partial charge on any atom is 0.337 e. The molecule has 0 atom stereocenters. The zero-order chi connectivity index (χ0) is 20.7. The molecule has 28 heavy (non-hydrogen) atoms. The second-order valence-corrected chi connectivity index (χ2v) is 5.70. The molecule has 0 heterocycles. The zero-order valence-electron chi connectivity index (χ0n) is 16.0. The minimum absolute atomic E-state index is 0.107. The van der Waals surface area contributed by atoms with Gasteiger partial charge in [-0.3, -0.25) is 4.79 Å². The summed E-state index contributed by atoms with van der Waals surface area (Å²) < 4.78 is 19.7. The van der Waals surface area contributed by atoms with Gasteiger partial charge in [0.2, 0.25) is 0 Å². The van der Waals surface area contributed by atoms with E-state index in [1.165, 1.54) is 39.5 Å². The van der Waals surface area contributed by atoms with Crippen molar-refractivity contribution in [2.75, 3.05) is 33.8 Å². The van der Waals surface area contributed by atoms with Crippen LogP contribution in [0.4, 0.5) is 5.69 Å². The summed E-state index contributed by atoms with van der Waals surface area (Å²) in [5.74, 6) is -1.13. The molecule has 0 fully saturated rings. The first-order valence-electron chi connectivity index (χ1n) is 8.22. The Morgan fingerprint density at radius 2 is 1.43 bits per heavy atom. The number of hydrogen-bond donors (Lipinski definition) is 1. The van der Waals surface area contributed by atoms with Gasteiger partial charge in [-0.15, -0.1) is 0 Å². The van der Waals surface area contributed by atoms with E-state index in [1.54, 1.807) is 25.3 Å². The van der Waals surface area contributed by atoms with E-state index in [2.05, 4.69) is 14.8 Å². The monoisotopic (exact) mass is 387 g/mol. The molecular formula is C20H21NO7. The van der Waals surface area contributed by atoms with Gasteiger partial charge < -0.3 is 24.3 Å². The number of carbonyl (C=O) groups is 3. The van der Waals surface area contributed by atoms with Crippen LogP contribution >= 0.6 is 0 Å². The fraction of sp³-hybridized carbons (Fsp3) is 0.250. The quantitative estimate of drug-likeness (QED) is 0.729. The van der Waals surface area contributed by atoms with Crippen molar-refractivity contribution in [2.24, 2.45) is 0 Å². The number of ether oxygens (including phenoxy) is 4. The highest BCUT2D eigenvalue weighted by Gasteiger charge is 2.16. The Morgan fingerprint density at radius 1 is 0.821 bits per heavy atom. The van der Waals surface area contributed by atoms with Crippen molar-refractivity contribution in [3.63, 3.8) is 0 Å². The predicted molar refractivity (Wildman–Crippen MR) is 101 cm³/mol. The summed E-state index contributed by atoms with van der Waals surface area (Å²) in [4.78, 5) is 36.4. The minimum Gasteiger partial charge on any atom is -0.496 e. The second-order valence-electron chi connectivity index (χ2n) is 5.70. The molecule has 1 amide bonds. The Hall–Kier alpha value is -3.39. The Bertz CT molecular complexity index is 858. The second kappa shape index (κ2) is 9.52. The Morgan fingerprint density at radius 3 is 1.93 bits per heavy atom. The molecule has 0 unspecified atom stereocenters. The first kappa shape index (κ1) is 20.9. The molecule has 2 aromatic rings. The maximum atomic E-state index is 12.6. The molecule has 0 aromatic heterocycles. The van der Waals surface area contributed by atoms with E-state index >= 15 is 0 Å². The molecule has 2 rings (SSSR count). The van der Waals surface area contributed by atoms with Crippen molar-refractivity contribution in [3.8, 4) is 5.75 Å². The average Bonchev–Trinajstić information content (AvgIpc) is 2.72. The van der Waals surface area contributed by atoms with E-state index in [0.29, 0.717) is 16.9 Å². The summed E-state index contributed by atoms with van der Waals surface area (Å²) >= 11 is 0. The molecule has 0 radical (unpaired) electrons. The van der Waals surface area contributed by atoms with Crippen molar-refractivity contribution >= 4 is 23.5 Å². The van der Waals surface area contributed by atoms with Crippen LogP contribution in [0, 0.1) is 0 Å². The van der Waals surface area contributed by atoms with Gasteiger partial charge in [0.1, 0.15) is 5.75 Å². The Labute approximate surface area is 162 Å². The van der Waals surface area contributed by atoms with E-state index < -0.39 is 17.8 Å². The van der Waals surface area contributed by atoms with Gasteiger partial charge in [0, 0.05) is 23.9 Å². The molecule has 0 aliphatic heterocycles. The van der Waals surface area contributed by atoms with Crippen LogP contribution in [0.1, 0.15) is 36.6 Å². The van der Waals surface area contributed by atoms with Crippen molar-refractivity contribution in [3.05, 3.63) is 58.7 Å². The number of amides is 1. The number of esters is 2. The molecule has 0 bridgehead atoms. The van der Waals surface area contributed by atoms with Gasteiger partial charge in [-0.1, -0.05) is 0 Å². The standard InChI is InChI=1S/C20H21NO7/c1-25-11-15-7-12(5-6-17(15)26-2)18(22)21-16-9-13(19(23)27-3)8-14(10-16)20(24)28-4/h5-10H,11H2,1-4H3,(H,21,22). The summed E-state index contributed by atoms with van der Waals surface area (Å²) in [6, 6.07) is 9.05. The third kappa shape index (κ3) is 4.86. The smallest absolute Gasteiger partial charge is 0.337 e. The van der Waals surface area contributed by atoms with Crippen LogP contribution < -0.4 is 10.1 Å². The summed E-state index contributed by atoms with van der Waals surface area (Å²) in [7, 11) is 5.51. The summed E-state index contributed by atoms with van der Waals surface area (Å²) in [5, 5.41) is 2.67. The summed E-state index contributed by atoms with van der Waals surface area (Å²) in [6.45, 7) is 0.272. The van der Waals surface area contributed by atoms with Crippen molar-refractivity contribution in [1.29, 1.82) is 0 Å². The van der Waals surface area contributed by atoms with Gasteiger partial charge in [-0.05, 0) is 36.4 Å². The van der Waals surface area contributed by atoms with Crippen LogP contribution in [0.15, 0.2) is 36.4 Å². The van der Waals surface area contributed by atoms with Gasteiger partial charge in [-0.25, -0.2) is 9.59 Å². The third-order valence-corrected chi connectivity index (χ3v) is 3.88. The fourth-order valence-electron chi connectivity index (χ4n) is 2.56. The lowest BCUT2D eigenvalue weighted by atomic mass is 10.1. The van der Waals surface area contributed by atoms with E-state index in [0.717, 1.165) is 0 Å². The molecule has 0 saturated heterocycles. The lowest BCUT2D eigenvalue weighted by molar-refractivity contribution is 0.0599. The summed E-state index contributed by atoms with van der Waals surface area (Å²) in [5.41, 5.74) is 1.52. The number of benzene rings is 2. The molecule has 8 nitrogen and oxygen atoms in total. The first-order valence-corrected chi connectivity index (χ1v) is 8.22. The number of rotatable bonds is 7. The van der Waals surface area contributed by atoms with E-state index in [1.807, 2.05) is 0 Å². The predicted octanol–water partition coefficient (Wildman–Crippen LogP) is 2.67. The average molecular weight is 387 g/mol. The lowest BCUT2D eigenvalue weighted by Gasteiger charge is -2.12. The van der Waals surface area contributed by atoms with Crippen molar-refractivity contribution in [2.45, 2.75) is 6.61 Å². The topological polar surface area (TPSA) is 100 Å². The van der Waals surface area contributed by atoms with Crippen LogP contribution in [0.2, 0.25) is 0 Å². The fourth-order valence-corrected chi connectivity index (χ4v) is 2.56. The highest BCUT2D eigenvalue weighted by atomic mass is 16.5. The van der Waals surface area contributed by atoms with Crippen LogP contribution in [0.25, 0.3) is 0 Å². The number of nitrogens with one attached hydrogen (secondary N) is 1. The van der Waals surface area contributed by atoms with Crippen LogP contribution in [-0.4, -0.2) is 46.3 Å². The molecule has 0 aliphatic carbocycles. The number of methoxy groups -OCH3 is 4. The molecule has 0 spiro atoms. The number of anilines is 1. The van der Waals surface area contributed by atoms with Gasteiger partial charge in [0.05, 0.1) is 39.1 Å². The maximum absolute atomic E-state index is 12.6. The highest BCUT2D eigenvalue weighted by Crippen LogP contribution is 2.22. The zero-order valence-corrected chi connectivity index (χ0v) is 16.0. The molecule has 2 aromatic carbocycles.